The maximum Gasteiger partial charge on any atom is 0.326 e. The Hall–Kier alpha value is -2.05. The Morgan fingerprint density at radius 1 is 1.28 bits per heavy atom. The summed E-state index contributed by atoms with van der Waals surface area (Å²) in [5, 5.41) is 13.0. The van der Waals surface area contributed by atoms with Gasteiger partial charge >= 0.3 is 5.97 Å². The summed E-state index contributed by atoms with van der Waals surface area (Å²) < 4.78 is 1.95. The molecule has 0 aliphatic heterocycles. The average molecular weight is 368 g/mol. The van der Waals surface area contributed by atoms with Crippen LogP contribution in [0.15, 0.2) is 30.5 Å². The summed E-state index contributed by atoms with van der Waals surface area (Å²) in [5.74, 6) is -1.21. The molecular formula is C18H26ClN3O3. The topological polar surface area (TPSA) is 97.4 Å². The number of hydrogen-bond donors (Lipinski definition) is 3. The number of nitrogens with two attached hydrogens (primary N) is 1. The minimum Gasteiger partial charge on any atom is -0.480 e. The molecule has 0 aliphatic carbocycles. The molecule has 6 nitrogen and oxygen atoms in total. The Bertz CT molecular complexity index is 742. The number of amides is 1. The first-order chi connectivity index (χ1) is 11.3. The van der Waals surface area contributed by atoms with Gasteiger partial charge in [0.15, 0.2) is 0 Å². The third-order valence-electron chi connectivity index (χ3n) is 4.08. The maximum atomic E-state index is 12.1. The lowest BCUT2D eigenvalue weighted by Gasteiger charge is -2.18. The Balaban J connectivity index is 0.00000312. The van der Waals surface area contributed by atoms with E-state index in [1.807, 2.05) is 55.9 Å². The average Bonchev–Trinajstić information content (AvgIpc) is 2.82. The van der Waals surface area contributed by atoms with Gasteiger partial charge in [-0.15, -0.1) is 12.4 Å². The lowest BCUT2D eigenvalue weighted by atomic mass is 10.0. The molecule has 4 N–H and O–H groups in total. The molecule has 0 fully saturated rings. The first-order valence-corrected chi connectivity index (χ1v) is 8.11. The lowest BCUT2D eigenvalue weighted by molar-refractivity contribution is -0.142. The van der Waals surface area contributed by atoms with Crippen molar-refractivity contribution >= 4 is 35.2 Å². The van der Waals surface area contributed by atoms with Crippen LogP contribution in [0, 0.1) is 5.92 Å². The van der Waals surface area contributed by atoms with Crippen LogP contribution >= 0.6 is 12.4 Å². The van der Waals surface area contributed by atoms with Crippen LogP contribution in [-0.4, -0.2) is 33.6 Å². The van der Waals surface area contributed by atoms with Gasteiger partial charge in [-0.3, -0.25) is 4.79 Å². The van der Waals surface area contributed by atoms with E-state index in [4.69, 9.17) is 5.73 Å². The number of carbonyl (C=O) groups excluding carboxylic acids is 1. The summed E-state index contributed by atoms with van der Waals surface area (Å²) in [6, 6.07) is 6.09. The molecule has 138 valence electrons. The first-order valence-electron chi connectivity index (χ1n) is 8.11. The fraction of sp³-hybridized carbons (Fsp3) is 0.444. The minimum absolute atomic E-state index is 0. The molecule has 1 aromatic heterocycles. The van der Waals surface area contributed by atoms with Crippen molar-refractivity contribution in [3.05, 3.63) is 36.0 Å². The highest BCUT2D eigenvalue weighted by Crippen LogP contribution is 2.21. The van der Waals surface area contributed by atoms with Crippen LogP contribution in [-0.2, 0) is 23.1 Å². The van der Waals surface area contributed by atoms with Gasteiger partial charge in [-0.25, -0.2) is 4.79 Å². The monoisotopic (exact) mass is 367 g/mol. The zero-order valence-electron chi connectivity index (χ0n) is 14.7. The van der Waals surface area contributed by atoms with Crippen molar-refractivity contribution in [2.75, 3.05) is 0 Å². The highest BCUT2D eigenvalue weighted by molar-refractivity contribution is 5.88. The van der Waals surface area contributed by atoms with Gasteiger partial charge in [-0.05, 0) is 24.0 Å². The quantitative estimate of drug-likeness (QED) is 0.697. The number of hydrogen-bond acceptors (Lipinski definition) is 3. The number of nitrogens with zero attached hydrogens (tertiary/aromatic N) is 1. The molecule has 2 aromatic rings. The van der Waals surface area contributed by atoms with Crippen LogP contribution in [0.1, 0.15) is 25.8 Å². The maximum absolute atomic E-state index is 12.1. The predicted molar refractivity (Wildman–Crippen MR) is 101 cm³/mol. The predicted octanol–water partition coefficient (Wildman–Crippen LogP) is 2.09. The molecule has 1 amide bonds. The fourth-order valence-electron chi connectivity index (χ4n) is 2.90. The van der Waals surface area contributed by atoms with Crippen molar-refractivity contribution in [2.45, 2.75) is 38.8 Å². The lowest BCUT2D eigenvalue weighted by Crippen LogP contribution is -2.49. The van der Waals surface area contributed by atoms with Crippen LogP contribution in [0.4, 0.5) is 0 Å². The van der Waals surface area contributed by atoms with Crippen molar-refractivity contribution in [3.8, 4) is 0 Å². The van der Waals surface area contributed by atoms with Crippen molar-refractivity contribution in [2.24, 2.45) is 18.7 Å². The second kappa shape index (κ2) is 8.87. The molecule has 2 atom stereocenters. The van der Waals surface area contributed by atoms with Gasteiger partial charge in [0.2, 0.25) is 5.91 Å². The summed E-state index contributed by atoms with van der Waals surface area (Å²) in [6.07, 6.45) is 2.64. The summed E-state index contributed by atoms with van der Waals surface area (Å²) in [6.45, 7) is 3.94. The van der Waals surface area contributed by atoms with Crippen molar-refractivity contribution in [1.82, 2.24) is 9.88 Å². The Kier molecular flexibility index (Phi) is 7.45. The molecule has 0 aliphatic rings. The van der Waals surface area contributed by atoms with E-state index in [-0.39, 0.29) is 24.7 Å². The molecule has 25 heavy (non-hydrogen) atoms. The number of carboxylic acids is 1. The number of carbonyl (C=O) groups is 2. The smallest absolute Gasteiger partial charge is 0.326 e. The molecule has 1 aromatic carbocycles. The van der Waals surface area contributed by atoms with Crippen LogP contribution in [0.2, 0.25) is 0 Å². The number of aliphatic carboxylic acids is 1. The molecule has 0 unspecified atom stereocenters. The number of aromatic nitrogens is 1. The van der Waals surface area contributed by atoms with Gasteiger partial charge in [0, 0.05) is 30.6 Å². The zero-order chi connectivity index (χ0) is 17.9. The third-order valence-corrected chi connectivity index (χ3v) is 4.08. The summed E-state index contributed by atoms with van der Waals surface area (Å²) in [5.41, 5.74) is 7.76. The second-order valence-corrected chi connectivity index (χ2v) is 6.62. The molecule has 0 bridgehead atoms. The van der Waals surface area contributed by atoms with Gasteiger partial charge in [0.05, 0.1) is 6.04 Å². The molecule has 2 rings (SSSR count). The molecular weight excluding hydrogens is 342 g/mol. The SMILES string of the molecule is CC(C)C[C@H](N)C(=O)N[C@H](Cc1cn(C)c2ccccc12)C(=O)O.Cl. The van der Waals surface area contributed by atoms with Crippen LogP contribution < -0.4 is 11.1 Å². The highest BCUT2D eigenvalue weighted by Gasteiger charge is 2.25. The van der Waals surface area contributed by atoms with Crippen LogP contribution in [0.5, 0.6) is 0 Å². The normalized spacial score (nSPS) is 13.3. The van der Waals surface area contributed by atoms with Gasteiger partial charge in [-0.2, -0.15) is 0 Å². The number of fused-ring (bicyclic) bond motifs is 1. The summed E-state index contributed by atoms with van der Waals surface area (Å²) in [7, 11) is 1.92. The van der Waals surface area contributed by atoms with Crippen molar-refractivity contribution in [3.63, 3.8) is 0 Å². The van der Waals surface area contributed by atoms with E-state index in [2.05, 4.69) is 5.32 Å². The number of rotatable bonds is 7. The third kappa shape index (κ3) is 5.21. The Morgan fingerprint density at radius 3 is 2.52 bits per heavy atom. The number of para-hydroxylation sites is 1. The van der Waals surface area contributed by atoms with Gasteiger partial charge in [-0.1, -0.05) is 32.0 Å². The first kappa shape index (κ1) is 21.0. The summed E-state index contributed by atoms with van der Waals surface area (Å²) in [4.78, 5) is 23.7. The minimum atomic E-state index is -1.06. The molecule has 0 radical (unpaired) electrons. The largest absolute Gasteiger partial charge is 0.480 e. The standard InChI is InChI=1S/C18H25N3O3.ClH/c1-11(2)8-14(19)17(22)20-15(18(23)24)9-12-10-21(3)16-7-5-4-6-13(12)16;/h4-7,10-11,14-15H,8-9,19H2,1-3H3,(H,20,22)(H,23,24);1H/t14-,15+;/m0./s1. The van der Waals surface area contributed by atoms with E-state index < -0.39 is 24.0 Å². The summed E-state index contributed by atoms with van der Waals surface area (Å²) >= 11 is 0. The molecule has 0 saturated carbocycles. The molecule has 1 heterocycles. The van der Waals surface area contributed by atoms with E-state index in [0.29, 0.717) is 6.42 Å². The Labute approximate surface area is 153 Å². The second-order valence-electron chi connectivity index (χ2n) is 6.62. The Morgan fingerprint density at radius 2 is 1.92 bits per heavy atom. The highest BCUT2D eigenvalue weighted by atomic mass is 35.5. The molecule has 0 saturated heterocycles. The van der Waals surface area contributed by atoms with Gasteiger partial charge in [0.25, 0.3) is 0 Å². The van der Waals surface area contributed by atoms with Gasteiger partial charge < -0.3 is 20.7 Å². The number of nitrogens with one attached hydrogen (secondary N) is 1. The van der Waals surface area contributed by atoms with Crippen molar-refractivity contribution < 1.29 is 14.7 Å². The number of benzene rings is 1. The van der Waals surface area contributed by atoms with Crippen LogP contribution in [0.25, 0.3) is 10.9 Å². The molecule has 7 heteroatoms. The van der Waals surface area contributed by atoms with Crippen molar-refractivity contribution in [1.29, 1.82) is 0 Å². The molecule has 0 spiro atoms. The fourth-order valence-corrected chi connectivity index (χ4v) is 2.90. The van der Waals surface area contributed by atoms with E-state index in [0.717, 1.165) is 16.5 Å². The van der Waals surface area contributed by atoms with E-state index in [1.165, 1.54) is 0 Å². The number of aryl methyl sites for hydroxylation is 1. The van der Waals surface area contributed by atoms with E-state index >= 15 is 0 Å². The van der Waals surface area contributed by atoms with Gasteiger partial charge in [0.1, 0.15) is 6.04 Å². The van der Waals surface area contributed by atoms with Crippen LogP contribution in [0.3, 0.4) is 0 Å². The van der Waals surface area contributed by atoms with E-state index in [1.54, 1.807) is 0 Å². The number of carboxylic acid groups (broad SMARTS) is 1. The zero-order valence-corrected chi connectivity index (χ0v) is 15.5. The van der Waals surface area contributed by atoms with E-state index in [9.17, 15) is 14.7 Å². The number of halogens is 1.